The summed E-state index contributed by atoms with van der Waals surface area (Å²) in [7, 11) is 0. The Balaban J connectivity index is 2.15. The third-order valence-electron chi connectivity index (χ3n) is 4.21. The molecule has 1 aliphatic heterocycles. The van der Waals surface area contributed by atoms with Gasteiger partial charge in [0.1, 0.15) is 23.5 Å². The number of rotatable bonds is 3. The first kappa shape index (κ1) is 18.4. The van der Waals surface area contributed by atoms with Gasteiger partial charge in [0.05, 0.1) is 0 Å². The van der Waals surface area contributed by atoms with Gasteiger partial charge in [0.25, 0.3) is 0 Å². The number of halogens is 3. The number of alkyl halides is 3. The molecule has 0 amide bonds. The van der Waals surface area contributed by atoms with Crippen LogP contribution in [0.4, 0.5) is 13.2 Å². The maximum Gasteiger partial charge on any atom is 0.437 e. The molecule has 26 heavy (non-hydrogen) atoms. The number of aryl methyl sites for hydroxylation is 1. The fraction of sp³-hybridized carbons (Fsp3) is 0.294. The molecule has 2 heterocycles. The maximum absolute atomic E-state index is 13.7. The first-order valence-corrected chi connectivity index (χ1v) is 8.07. The van der Waals surface area contributed by atoms with Crippen LogP contribution in [0.25, 0.3) is 0 Å². The zero-order valence-corrected chi connectivity index (χ0v) is 14.3. The number of hydrogen-bond donors (Lipinski definition) is 3. The maximum atomic E-state index is 13.7. The van der Waals surface area contributed by atoms with E-state index in [-0.39, 0.29) is 11.3 Å². The molecule has 0 radical (unpaired) electrons. The van der Waals surface area contributed by atoms with E-state index in [1.807, 2.05) is 5.32 Å². The summed E-state index contributed by atoms with van der Waals surface area (Å²) >= 11 is 4.83. The first-order chi connectivity index (χ1) is 12.1. The molecule has 138 valence electrons. The standard InChI is InChI=1S/C17H15F3N2O3S/c1-9-7-8-11(25-9)13-12(14(23)10-5-3-2-4-6-10)16(24,17(18,19)20)22-15(26)21-13/h2-8,12-13,24H,1H3,(H2,21,22,26)/t12-,13-,16+/m1/s1. The van der Waals surface area contributed by atoms with E-state index in [1.165, 1.54) is 30.3 Å². The predicted octanol–water partition coefficient (Wildman–Crippen LogP) is 2.86. The number of carbonyl (C=O) groups excluding carboxylic acids is 1. The van der Waals surface area contributed by atoms with E-state index in [4.69, 9.17) is 16.6 Å². The average Bonchev–Trinajstić information content (AvgIpc) is 3.00. The molecule has 0 aliphatic carbocycles. The van der Waals surface area contributed by atoms with Crippen molar-refractivity contribution < 1.29 is 27.5 Å². The molecule has 5 nitrogen and oxygen atoms in total. The van der Waals surface area contributed by atoms with Gasteiger partial charge in [-0.25, -0.2) is 0 Å². The van der Waals surface area contributed by atoms with Crippen LogP contribution in [0, 0.1) is 12.8 Å². The summed E-state index contributed by atoms with van der Waals surface area (Å²) in [5, 5.41) is 14.5. The Morgan fingerprint density at radius 3 is 2.42 bits per heavy atom. The normalized spacial score (nSPS) is 26.1. The number of nitrogens with one attached hydrogen (secondary N) is 2. The van der Waals surface area contributed by atoms with Crippen LogP contribution >= 0.6 is 12.2 Å². The smallest absolute Gasteiger partial charge is 0.437 e. The molecular weight excluding hydrogens is 369 g/mol. The zero-order valence-electron chi connectivity index (χ0n) is 13.5. The molecule has 1 fully saturated rings. The molecule has 3 N–H and O–H groups in total. The lowest BCUT2D eigenvalue weighted by molar-refractivity contribution is -0.286. The Morgan fingerprint density at radius 1 is 1.23 bits per heavy atom. The Kier molecular flexibility index (Phi) is 4.53. The minimum absolute atomic E-state index is 0.0323. The number of hydrogen-bond acceptors (Lipinski definition) is 4. The fourth-order valence-corrected chi connectivity index (χ4v) is 3.26. The van der Waals surface area contributed by atoms with Gasteiger partial charge in [0.2, 0.25) is 5.72 Å². The quantitative estimate of drug-likeness (QED) is 0.558. The summed E-state index contributed by atoms with van der Waals surface area (Å²) in [6, 6.07) is 9.17. The van der Waals surface area contributed by atoms with E-state index in [0.29, 0.717) is 5.76 Å². The zero-order chi connectivity index (χ0) is 19.1. The second-order valence-electron chi connectivity index (χ2n) is 6.00. The lowest BCUT2D eigenvalue weighted by Crippen LogP contribution is -2.72. The highest BCUT2D eigenvalue weighted by atomic mass is 32.1. The number of furan rings is 1. The van der Waals surface area contributed by atoms with Gasteiger partial charge >= 0.3 is 6.18 Å². The molecule has 0 bridgehead atoms. The minimum Gasteiger partial charge on any atom is -0.464 e. The summed E-state index contributed by atoms with van der Waals surface area (Å²) in [6.45, 7) is 1.62. The van der Waals surface area contributed by atoms with E-state index < -0.39 is 34.8 Å². The van der Waals surface area contributed by atoms with Gasteiger partial charge in [-0.15, -0.1) is 0 Å². The predicted molar refractivity (Wildman–Crippen MR) is 90.3 cm³/mol. The van der Waals surface area contributed by atoms with Gasteiger partial charge in [0, 0.05) is 5.56 Å². The van der Waals surface area contributed by atoms with Crippen LogP contribution in [0.5, 0.6) is 0 Å². The molecule has 0 unspecified atom stereocenters. The van der Waals surface area contributed by atoms with Crippen molar-refractivity contribution in [1.82, 2.24) is 10.6 Å². The van der Waals surface area contributed by atoms with Crippen molar-refractivity contribution in [3.63, 3.8) is 0 Å². The van der Waals surface area contributed by atoms with Crippen molar-refractivity contribution >= 4 is 23.1 Å². The highest BCUT2D eigenvalue weighted by Gasteiger charge is 2.66. The Morgan fingerprint density at radius 2 is 1.88 bits per heavy atom. The van der Waals surface area contributed by atoms with Crippen LogP contribution in [-0.2, 0) is 0 Å². The summed E-state index contributed by atoms with van der Waals surface area (Å²) in [6.07, 6.45) is -5.16. The lowest BCUT2D eigenvalue weighted by Gasteiger charge is -2.45. The molecule has 1 aromatic heterocycles. The van der Waals surface area contributed by atoms with Gasteiger partial charge in [-0.3, -0.25) is 4.79 Å². The van der Waals surface area contributed by atoms with Crippen LogP contribution in [0.3, 0.4) is 0 Å². The second-order valence-corrected chi connectivity index (χ2v) is 6.40. The van der Waals surface area contributed by atoms with E-state index >= 15 is 0 Å². The summed E-state index contributed by atoms with van der Waals surface area (Å²) in [5.74, 6) is -2.33. The molecule has 0 saturated carbocycles. The lowest BCUT2D eigenvalue weighted by atomic mass is 9.79. The van der Waals surface area contributed by atoms with Gasteiger partial charge in [-0.1, -0.05) is 30.3 Å². The van der Waals surface area contributed by atoms with Crippen molar-refractivity contribution in [3.05, 3.63) is 59.5 Å². The number of Topliss-reactive ketones (excluding diaryl/α,β-unsaturated/α-hetero) is 1. The molecule has 0 spiro atoms. The van der Waals surface area contributed by atoms with Crippen molar-refractivity contribution in [3.8, 4) is 0 Å². The van der Waals surface area contributed by atoms with Gasteiger partial charge in [0.15, 0.2) is 10.9 Å². The third-order valence-corrected chi connectivity index (χ3v) is 4.43. The third kappa shape index (κ3) is 3.08. The van der Waals surface area contributed by atoms with Crippen molar-refractivity contribution in [2.45, 2.75) is 24.9 Å². The van der Waals surface area contributed by atoms with E-state index in [1.54, 1.807) is 19.1 Å². The highest BCUT2D eigenvalue weighted by Crippen LogP contribution is 2.44. The Hall–Kier alpha value is -2.39. The van der Waals surface area contributed by atoms with Gasteiger partial charge < -0.3 is 20.2 Å². The summed E-state index contributed by atoms with van der Waals surface area (Å²) in [4.78, 5) is 12.9. The molecule has 3 atom stereocenters. The fourth-order valence-electron chi connectivity index (χ4n) is 2.98. The molecule has 9 heteroatoms. The number of aliphatic hydroxyl groups is 1. The van der Waals surface area contributed by atoms with Crippen LogP contribution < -0.4 is 10.6 Å². The minimum atomic E-state index is -5.16. The molecule has 1 aromatic carbocycles. The number of ketones is 1. The molecular formula is C17H15F3N2O3S. The van der Waals surface area contributed by atoms with Gasteiger partial charge in [-0.2, -0.15) is 13.2 Å². The molecule has 2 aromatic rings. The first-order valence-electron chi connectivity index (χ1n) is 7.67. The Labute approximate surface area is 152 Å². The Bertz CT molecular complexity index is 837. The van der Waals surface area contributed by atoms with Crippen molar-refractivity contribution in [1.29, 1.82) is 0 Å². The summed E-state index contributed by atoms with van der Waals surface area (Å²) < 4.78 is 46.6. The van der Waals surface area contributed by atoms with Crippen LogP contribution in [0.1, 0.15) is 27.9 Å². The monoisotopic (exact) mass is 384 g/mol. The largest absolute Gasteiger partial charge is 0.464 e. The van der Waals surface area contributed by atoms with Gasteiger partial charge in [-0.05, 0) is 31.3 Å². The topological polar surface area (TPSA) is 74.5 Å². The van der Waals surface area contributed by atoms with E-state index in [0.717, 1.165) is 0 Å². The number of benzene rings is 1. The SMILES string of the molecule is Cc1ccc([C@H]2NC(=S)N[C@@](O)(C(F)(F)F)[C@H]2C(=O)c2ccccc2)o1. The second kappa shape index (κ2) is 6.40. The molecule has 1 aliphatic rings. The van der Waals surface area contributed by atoms with Crippen LogP contribution in [0.15, 0.2) is 46.9 Å². The molecule has 1 saturated heterocycles. The number of carbonyl (C=O) groups is 1. The van der Waals surface area contributed by atoms with E-state index in [9.17, 15) is 23.1 Å². The highest BCUT2D eigenvalue weighted by molar-refractivity contribution is 7.80. The number of thiocarbonyl (C=S) groups is 1. The van der Waals surface area contributed by atoms with Crippen LogP contribution in [0.2, 0.25) is 0 Å². The van der Waals surface area contributed by atoms with Crippen LogP contribution in [-0.4, -0.2) is 27.9 Å². The van der Waals surface area contributed by atoms with Crippen molar-refractivity contribution in [2.75, 3.05) is 0 Å². The van der Waals surface area contributed by atoms with E-state index in [2.05, 4.69) is 5.32 Å². The van der Waals surface area contributed by atoms with Crippen molar-refractivity contribution in [2.24, 2.45) is 5.92 Å². The average molecular weight is 384 g/mol. The summed E-state index contributed by atoms with van der Waals surface area (Å²) in [5.41, 5.74) is -3.52. The molecule has 3 rings (SSSR count).